The Kier molecular flexibility index (Phi) is 13.5. The molecule has 0 saturated carbocycles. The van der Waals surface area contributed by atoms with Gasteiger partial charge in [0.05, 0.1) is 13.0 Å². The number of esters is 1. The summed E-state index contributed by atoms with van der Waals surface area (Å²) in [6.45, 7) is 13.9. The van der Waals surface area contributed by atoms with Crippen molar-refractivity contribution < 1.29 is 14.3 Å². The lowest BCUT2D eigenvalue weighted by Gasteiger charge is -2.20. The quantitative estimate of drug-likeness (QED) is 0.634. The largest absolute Gasteiger partial charge is 0.466 e. The summed E-state index contributed by atoms with van der Waals surface area (Å²) < 4.78 is 4.40. The van der Waals surface area contributed by atoms with Crippen LogP contribution in [0, 0.1) is 6.92 Å². The van der Waals surface area contributed by atoms with Crippen molar-refractivity contribution in [3.05, 3.63) is 23.5 Å². The van der Waals surface area contributed by atoms with Gasteiger partial charge in [-0.15, -0.1) is 0 Å². The van der Waals surface area contributed by atoms with Gasteiger partial charge in [-0.3, -0.25) is 9.59 Å². The van der Waals surface area contributed by atoms with Gasteiger partial charge in [0.15, 0.2) is 0 Å². The zero-order valence-corrected chi connectivity index (χ0v) is 16.5. The molecule has 1 amide bonds. The van der Waals surface area contributed by atoms with E-state index in [9.17, 15) is 9.59 Å². The summed E-state index contributed by atoms with van der Waals surface area (Å²) in [7, 11) is 0. The average Bonchev–Trinajstić information content (AvgIpc) is 2.93. The molecule has 1 aromatic heterocycles. The molecule has 6 nitrogen and oxygen atoms in total. The predicted molar refractivity (Wildman–Crippen MR) is 102 cm³/mol. The number of hydrogen-bond donors (Lipinski definition) is 2. The Morgan fingerprint density at radius 1 is 1.16 bits per heavy atom. The summed E-state index contributed by atoms with van der Waals surface area (Å²) in [5.74, 6) is -0.118. The fraction of sp³-hybridized carbons (Fsp3) is 0.684. The Balaban J connectivity index is 0.000000823. The molecule has 0 spiro atoms. The second kappa shape index (κ2) is 14.5. The van der Waals surface area contributed by atoms with Gasteiger partial charge in [-0.05, 0) is 51.4 Å². The molecular formula is C19H35N3O3. The molecule has 0 fully saturated rings. The number of rotatable bonds is 10. The van der Waals surface area contributed by atoms with Crippen molar-refractivity contribution in [1.29, 1.82) is 0 Å². The number of H-pyrrole nitrogens is 1. The third-order valence-corrected chi connectivity index (χ3v) is 3.42. The zero-order chi connectivity index (χ0) is 19.1. The number of aryl methyl sites for hydroxylation is 1. The third-order valence-electron chi connectivity index (χ3n) is 3.42. The van der Waals surface area contributed by atoms with Crippen LogP contribution in [0.4, 0.5) is 0 Å². The van der Waals surface area contributed by atoms with E-state index in [0.29, 0.717) is 13.0 Å². The van der Waals surface area contributed by atoms with Crippen molar-refractivity contribution in [2.75, 3.05) is 32.8 Å². The molecule has 6 heteroatoms. The van der Waals surface area contributed by atoms with E-state index in [4.69, 9.17) is 0 Å². The molecular weight excluding hydrogens is 318 g/mol. The van der Waals surface area contributed by atoms with E-state index in [1.54, 1.807) is 6.92 Å². The minimum Gasteiger partial charge on any atom is -0.466 e. The summed E-state index contributed by atoms with van der Waals surface area (Å²) in [6.07, 6.45) is 4.69. The molecule has 25 heavy (non-hydrogen) atoms. The molecule has 0 aliphatic heterocycles. The standard InChI is InChI=1S/C15H27N3O.C4H8O2/c1-4-7-18(8-5-2)9-6-16-15(19)11-14-10-13(3)12-17-14;1-3-6-4(2)5/h10,12,17H,4-9,11H2,1-3H3,(H,16,19);3H2,1-2H3. The van der Waals surface area contributed by atoms with Crippen molar-refractivity contribution in [3.8, 4) is 0 Å². The molecule has 2 N–H and O–H groups in total. The minimum absolute atomic E-state index is 0.0924. The van der Waals surface area contributed by atoms with Crippen LogP contribution >= 0.6 is 0 Å². The van der Waals surface area contributed by atoms with Crippen LogP contribution in [0.15, 0.2) is 12.3 Å². The molecule has 0 bridgehead atoms. The Morgan fingerprint density at radius 3 is 2.20 bits per heavy atom. The first-order valence-electron chi connectivity index (χ1n) is 9.19. The Hall–Kier alpha value is -1.82. The first-order chi connectivity index (χ1) is 11.9. The molecule has 0 aliphatic rings. The summed E-state index contributed by atoms with van der Waals surface area (Å²) in [5, 5.41) is 2.99. The van der Waals surface area contributed by atoms with Crippen LogP contribution in [0.3, 0.4) is 0 Å². The summed E-state index contributed by atoms with van der Waals surface area (Å²) >= 11 is 0. The molecule has 0 radical (unpaired) electrons. The van der Waals surface area contributed by atoms with Gasteiger partial charge in [-0.2, -0.15) is 0 Å². The maximum atomic E-state index is 11.8. The van der Waals surface area contributed by atoms with E-state index in [2.05, 4.69) is 33.8 Å². The van der Waals surface area contributed by atoms with E-state index in [-0.39, 0.29) is 11.9 Å². The number of ether oxygens (including phenoxy) is 1. The molecule has 0 unspecified atom stereocenters. The lowest BCUT2D eigenvalue weighted by molar-refractivity contribution is -0.140. The van der Waals surface area contributed by atoms with Crippen molar-refractivity contribution in [3.63, 3.8) is 0 Å². The van der Waals surface area contributed by atoms with Gasteiger partial charge >= 0.3 is 5.97 Å². The molecule has 1 aromatic rings. The SMILES string of the molecule is CCCN(CCC)CCNC(=O)Cc1cc(C)c[nH]1.CCOC(C)=O. The van der Waals surface area contributed by atoms with Gasteiger partial charge in [0.1, 0.15) is 0 Å². The number of hydrogen-bond acceptors (Lipinski definition) is 4. The number of aromatic nitrogens is 1. The average molecular weight is 354 g/mol. The Labute approximate surface area is 152 Å². The lowest BCUT2D eigenvalue weighted by atomic mass is 10.2. The number of nitrogens with zero attached hydrogens (tertiary/aromatic N) is 1. The number of carbonyl (C=O) groups excluding carboxylic acids is 2. The van der Waals surface area contributed by atoms with Gasteiger partial charge in [-0.25, -0.2) is 0 Å². The maximum absolute atomic E-state index is 11.8. The minimum atomic E-state index is -0.211. The molecule has 1 heterocycles. The Bertz CT molecular complexity index is 480. The highest BCUT2D eigenvalue weighted by Gasteiger charge is 2.06. The van der Waals surface area contributed by atoms with E-state index < -0.39 is 0 Å². The maximum Gasteiger partial charge on any atom is 0.302 e. The fourth-order valence-corrected chi connectivity index (χ4v) is 2.43. The van der Waals surface area contributed by atoms with Crippen LogP contribution in [0.2, 0.25) is 0 Å². The van der Waals surface area contributed by atoms with Crippen LogP contribution in [-0.4, -0.2) is 54.5 Å². The van der Waals surface area contributed by atoms with Crippen molar-refractivity contribution in [2.24, 2.45) is 0 Å². The lowest BCUT2D eigenvalue weighted by Crippen LogP contribution is -2.36. The highest BCUT2D eigenvalue weighted by Crippen LogP contribution is 2.01. The van der Waals surface area contributed by atoms with Crippen LogP contribution < -0.4 is 5.32 Å². The topological polar surface area (TPSA) is 74.4 Å². The van der Waals surface area contributed by atoms with Gasteiger partial charge in [-0.1, -0.05) is 13.8 Å². The second-order valence-electron chi connectivity index (χ2n) is 6.00. The highest BCUT2D eigenvalue weighted by molar-refractivity contribution is 5.78. The molecule has 0 atom stereocenters. The van der Waals surface area contributed by atoms with Crippen LogP contribution in [0.1, 0.15) is 51.8 Å². The predicted octanol–water partition coefficient (Wildman–Crippen LogP) is 2.67. The molecule has 0 saturated heterocycles. The summed E-state index contributed by atoms with van der Waals surface area (Å²) in [4.78, 5) is 27.1. The first-order valence-corrected chi connectivity index (χ1v) is 9.19. The van der Waals surface area contributed by atoms with Crippen molar-refractivity contribution >= 4 is 11.9 Å². The number of amides is 1. The van der Waals surface area contributed by atoms with Gasteiger partial charge in [0.25, 0.3) is 0 Å². The van der Waals surface area contributed by atoms with Crippen LogP contribution in [-0.2, 0) is 20.7 Å². The van der Waals surface area contributed by atoms with Gasteiger partial charge in [0.2, 0.25) is 5.91 Å². The zero-order valence-electron chi connectivity index (χ0n) is 16.5. The van der Waals surface area contributed by atoms with Crippen LogP contribution in [0.5, 0.6) is 0 Å². The molecule has 1 rings (SSSR count). The van der Waals surface area contributed by atoms with E-state index in [1.807, 2.05) is 19.2 Å². The fourth-order valence-electron chi connectivity index (χ4n) is 2.43. The highest BCUT2D eigenvalue weighted by atomic mass is 16.5. The van der Waals surface area contributed by atoms with Crippen LogP contribution in [0.25, 0.3) is 0 Å². The number of aromatic amines is 1. The smallest absolute Gasteiger partial charge is 0.302 e. The van der Waals surface area contributed by atoms with Gasteiger partial charge in [0, 0.05) is 31.9 Å². The van der Waals surface area contributed by atoms with E-state index in [0.717, 1.165) is 44.7 Å². The van der Waals surface area contributed by atoms with Gasteiger partial charge < -0.3 is 19.9 Å². The second-order valence-corrected chi connectivity index (χ2v) is 6.00. The number of nitrogens with one attached hydrogen (secondary N) is 2. The molecule has 0 aliphatic carbocycles. The molecule has 144 valence electrons. The first kappa shape index (κ1) is 23.2. The normalized spacial score (nSPS) is 10.2. The third kappa shape index (κ3) is 13.2. The summed E-state index contributed by atoms with van der Waals surface area (Å²) in [5.41, 5.74) is 2.15. The Morgan fingerprint density at radius 2 is 1.80 bits per heavy atom. The van der Waals surface area contributed by atoms with Crippen molar-refractivity contribution in [2.45, 2.75) is 53.9 Å². The number of carbonyl (C=O) groups is 2. The monoisotopic (exact) mass is 353 g/mol. The van der Waals surface area contributed by atoms with Crippen molar-refractivity contribution in [1.82, 2.24) is 15.2 Å². The summed E-state index contributed by atoms with van der Waals surface area (Å²) in [6, 6.07) is 2.01. The molecule has 0 aromatic carbocycles. The van der Waals surface area contributed by atoms with E-state index >= 15 is 0 Å². The van der Waals surface area contributed by atoms with E-state index in [1.165, 1.54) is 12.5 Å².